The maximum Gasteiger partial charge on any atom is 0.338 e. The minimum Gasteiger partial charge on any atom is -0.463 e. The van der Waals surface area contributed by atoms with Crippen LogP contribution in [0, 0.1) is 0 Å². The van der Waals surface area contributed by atoms with E-state index in [1.807, 2.05) is 152 Å². The van der Waals surface area contributed by atoms with Gasteiger partial charge in [-0.1, -0.05) is 170 Å². The summed E-state index contributed by atoms with van der Waals surface area (Å²) in [6, 6.07) is 56.4. The summed E-state index contributed by atoms with van der Waals surface area (Å²) in [5.74, 6) is -2.19. The summed E-state index contributed by atoms with van der Waals surface area (Å²) >= 11 is 0. The van der Waals surface area contributed by atoms with Gasteiger partial charge in [0.2, 0.25) is 0 Å². The van der Waals surface area contributed by atoms with Gasteiger partial charge in [0.15, 0.2) is 24.8 Å². The lowest BCUT2D eigenvalue weighted by atomic mass is 9.95. The third-order valence-electron chi connectivity index (χ3n) is 12.4. The van der Waals surface area contributed by atoms with Crippen molar-refractivity contribution in [3.05, 3.63) is 215 Å². The minimum absolute atomic E-state index is 0.0358. The monoisotopic (exact) mass is 978 g/mol. The van der Waals surface area contributed by atoms with Crippen molar-refractivity contribution in [1.29, 1.82) is 0 Å². The molecule has 6 aromatic rings. The van der Waals surface area contributed by atoms with E-state index in [0.29, 0.717) is 0 Å². The highest BCUT2D eigenvalue weighted by Crippen LogP contribution is 2.37. The van der Waals surface area contributed by atoms with Crippen LogP contribution in [-0.2, 0) is 94.7 Å². The number of cyclic esters (lactones) is 1. The number of hydrogen-bond donors (Lipinski definition) is 0. The Hall–Kier alpha value is -6.59. The average molecular weight is 979 g/mol. The van der Waals surface area contributed by atoms with Gasteiger partial charge in [0.25, 0.3) is 0 Å². The van der Waals surface area contributed by atoms with Gasteiger partial charge in [-0.3, -0.25) is 9.59 Å². The van der Waals surface area contributed by atoms with Crippen molar-refractivity contribution in [3.8, 4) is 0 Å². The molecule has 6 aromatic carbocycles. The number of esters is 3. The Labute approximate surface area is 418 Å². The Balaban J connectivity index is 1.13. The molecule has 3 fully saturated rings. The fourth-order valence-corrected chi connectivity index (χ4v) is 8.76. The molecule has 3 heterocycles. The van der Waals surface area contributed by atoms with E-state index in [1.54, 1.807) is 30.3 Å². The first-order chi connectivity index (χ1) is 35.4. The van der Waals surface area contributed by atoms with Gasteiger partial charge in [0.05, 0.1) is 58.0 Å². The minimum atomic E-state index is -1.44. The molecular weight excluding hydrogens is 921 g/mol. The van der Waals surface area contributed by atoms with Crippen LogP contribution in [0.4, 0.5) is 0 Å². The lowest BCUT2D eigenvalue weighted by molar-refractivity contribution is -0.370. The second-order valence-electron chi connectivity index (χ2n) is 17.6. The lowest BCUT2D eigenvalue weighted by Crippen LogP contribution is -2.66. The second kappa shape index (κ2) is 25.7. The first kappa shape index (κ1) is 50.4. The zero-order valence-electron chi connectivity index (χ0n) is 39.7. The van der Waals surface area contributed by atoms with E-state index in [9.17, 15) is 14.4 Å². The molecule has 0 spiro atoms. The Bertz CT molecular complexity index is 2570. The van der Waals surface area contributed by atoms with Gasteiger partial charge in [-0.05, 0) is 39.9 Å². The van der Waals surface area contributed by atoms with Crippen LogP contribution in [0.1, 0.15) is 51.0 Å². The molecule has 0 N–H and O–H groups in total. The molecule has 3 saturated heterocycles. The molecule has 0 amide bonds. The van der Waals surface area contributed by atoms with Crippen LogP contribution in [0.5, 0.6) is 0 Å². The van der Waals surface area contributed by atoms with Crippen LogP contribution in [0.3, 0.4) is 0 Å². The van der Waals surface area contributed by atoms with E-state index in [4.69, 9.17) is 52.1 Å². The van der Waals surface area contributed by atoms with Crippen LogP contribution in [0.15, 0.2) is 182 Å². The van der Waals surface area contributed by atoms with E-state index >= 15 is 0 Å². The van der Waals surface area contributed by atoms with E-state index in [0.717, 1.165) is 27.8 Å². The van der Waals surface area contributed by atoms with Crippen molar-refractivity contribution in [2.45, 2.75) is 107 Å². The van der Waals surface area contributed by atoms with Gasteiger partial charge >= 0.3 is 17.9 Å². The van der Waals surface area contributed by atoms with Crippen LogP contribution < -0.4 is 0 Å². The molecule has 9 rings (SSSR count). The van der Waals surface area contributed by atoms with Crippen molar-refractivity contribution in [2.75, 3.05) is 13.2 Å². The maximum atomic E-state index is 14.2. The average Bonchev–Trinajstić information content (AvgIpc) is 3.43. The summed E-state index contributed by atoms with van der Waals surface area (Å²) in [6.07, 6.45) is -12.5. The SMILES string of the molecule is O=C1CCC(=O)O[C@@H]2[C@@H](OC(=O)c3ccccc3)[C@@H](OCc3ccccc3)O[C@H](COCc3ccccc3)[C@H]2O[C@@H]2O[C@@H](CO1)[C@H](OCc1ccccc1)[C@@H](OCc1ccccc1)[C@H]2OCc1ccccc1. The fourth-order valence-electron chi connectivity index (χ4n) is 8.76. The zero-order chi connectivity index (χ0) is 49.3. The Morgan fingerprint density at radius 3 is 1.46 bits per heavy atom. The number of carbonyl (C=O) groups excluding carboxylic acids is 3. The molecule has 0 radical (unpaired) electrons. The highest BCUT2D eigenvalue weighted by Gasteiger charge is 2.56. The van der Waals surface area contributed by atoms with Crippen LogP contribution in [0.25, 0.3) is 0 Å². The Kier molecular flexibility index (Phi) is 18.0. The smallest absolute Gasteiger partial charge is 0.338 e. The fraction of sp³-hybridized carbons (Fsp3) is 0.328. The summed E-state index contributed by atoms with van der Waals surface area (Å²) in [4.78, 5) is 41.9. The van der Waals surface area contributed by atoms with Gasteiger partial charge in [-0.2, -0.15) is 0 Å². The van der Waals surface area contributed by atoms with Crippen molar-refractivity contribution in [2.24, 2.45) is 0 Å². The largest absolute Gasteiger partial charge is 0.463 e. The second-order valence-corrected chi connectivity index (χ2v) is 17.6. The Morgan fingerprint density at radius 2 is 0.917 bits per heavy atom. The standard InChI is InChI=1S/C58H58O14/c59-48-31-32-49(60)70-53-51(46(38-62-33-40-19-7-1-8-20-40)68-57(67-37-44-27-15-5-16-28-44)55(53)71-56(61)45-29-17-6-18-30-45)72-58-54(66-36-43-25-13-4-14-26-43)52(65-35-42-23-11-3-12-24-42)50(47(69-58)39-63-48)64-34-41-21-9-2-10-22-41/h1-30,46-47,50-55,57-58H,31-39H2/t46-,47+,50+,51-,52-,53+,54-,55-,57+,58+/m1/s1. The molecule has 0 aliphatic carbocycles. The van der Waals surface area contributed by atoms with Crippen molar-refractivity contribution in [3.63, 3.8) is 0 Å². The zero-order valence-corrected chi connectivity index (χ0v) is 39.7. The van der Waals surface area contributed by atoms with Crippen molar-refractivity contribution < 1.29 is 66.5 Å². The third-order valence-corrected chi connectivity index (χ3v) is 12.4. The maximum absolute atomic E-state index is 14.2. The molecular formula is C58H58O14. The third kappa shape index (κ3) is 13.9. The summed E-state index contributed by atoms with van der Waals surface area (Å²) < 4.78 is 73.0. The first-order valence-electron chi connectivity index (χ1n) is 24.2. The van der Waals surface area contributed by atoms with E-state index in [-0.39, 0.29) is 64.7 Å². The summed E-state index contributed by atoms with van der Waals surface area (Å²) in [5, 5.41) is 0. The predicted octanol–water partition coefficient (Wildman–Crippen LogP) is 8.49. The van der Waals surface area contributed by atoms with E-state index < -0.39 is 79.3 Å². The topological polar surface area (TPSA) is 153 Å². The Morgan fingerprint density at radius 1 is 0.458 bits per heavy atom. The molecule has 3 aliphatic heterocycles. The van der Waals surface area contributed by atoms with E-state index in [2.05, 4.69) is 0 Å². The predicted molar refractivity (Wildman–Crippen MR) is 260 cm³/mol. The molecule has 10 atom stereocenters. The molecule has 0 aromatic heterocycles. The quantitative estimate of drug-likeness (QED) is 0.0598. The van der Waals surface area contributed by atoms with Crippen LogP contribution in [0.2, 0.25) is 0 Å². The summed E-state index contributed by atoms with van der Waals surface area (Å²) in [6.45, 7) is 0.228. The molecule has 2 bridgehead atoms. The molecule has 14 nitrogen and oxygen atoms in total. The van der Waals surface area contributed by atoms with Gasteiger partial charge in [-0.25, -0.2) is 4.79 Å². The number of carbonyl (C=O) groups is 3. The number of benzene rings is 6. The summed E-state index contributed by atoms with van der Waals surface area (Å²) in [5.41, 5.74) is 4.56. The highest BCUT2D eigenvalue weighted by molar-refractivity contribution is 5.89. The van der Waals surface area contributed by atoms with Crippen molar-refractivity contribution in [1.82, 2.24) is 0 Å². The highest BCUT2D eigenvalue weighted by atomic mass is 16.8. The number of rotatable bonds is 18. The lowest BCUT2D eigenvalue weighted by Gasteiger charge is -2.49. The molecule has 0 saturated carbocycles. The van der Waals surface area contributed by atoms with Crippen molar-refractivity contribution >= 4 is 17.9 Å². The summed E-state index contributed by atoms with van der Waals surface area (Å²) in [7, 11) is 0. The van der Waals surface area contributed by atoms with Crippen LogP contribution in [-0.4, -0.2) is 92.5 Å². The first-order valence-corrected chi connectivity index (χ1v) is 24.2. The molecule has 374 valence electrons. The van der Waals surface area contributed by atoms with Gasteiger partial charge in [0, 0.05) is 0 Å². The molecule has 0 unspecified atom stereocenters. The number of hydrogen-bond acceptors (Lipinski definition) is 14. The van der Waals surface area contributed by atoms with Gasteiger partial charge < -0.3 is 52.1 Å². The van der Waals surface area contributed by atoms with Gasteiger partial charge in [-0.15, -0.1) is 0 Å². The van der Waals surface area contributed by atoms with E-state index in [1.165, 1.54) is 0 Å². The molecule has 3 aliphatic rings. The van der Waals surface area contributed by atoms with Crippen LogP contribution >= 0.6 is 0 Å². The number of fused-ring (bicyclic) bond motifs is 3. The molecule has 14 heteroatoms. The van der Waals surface area contributed by atoms with Gasteiger partial charge in [0.1, 0.15) is 43.2 Å². The number of ether oxygens (including phenoxy) is 11. The molecule has 72 heavy (non-hydrogen) atoms. The normalized spacial score (nSPS) is 25.6.